The van der Waals surface area contributed by atoms with Gasteiger partial charge in [0.25, 0.3) is 0 Å². The molecule has 0 fully saturated rings. The van der Waals surface area contributed by atoms with Crippen LogP contribution in [0.3, 0.4) is 0 Å². The predicted octanol–water partition coefficient (Wildman–Crippen LogP) is 1.28. The average molecular weight is 136 g/mol. The molecule has 8 heavy (non-hydrogen) atoms. The Labute approximate surface area is 52.4 Å². The molecule has 0 saturated carbocycles. The highest BCUT2D eigenvalue weighted by Gasteiger charge is 1.83. The Morgan fingerprint density at radius 3 is 3.00 bits per heavy atom. The van der Waals surface area contributed by atoms with Gasteiger partial charge in [-0.15, -0.1) is 0 Å². The molecule has 0 spiro atoms. The summed E-state index contributed by atoms with van der Waals surface area (Å²) in [6.45, 7) is 3.83. The molecule has 0 radical (unpaired) electrons. The van der Waals surface area contributed by atoms with Crippen LogP contribution in [0.5, 0.6) is 0 Å². The minimum absolute atomic E-state index is 0.509. The van der Waals surface area contributed by atoms with Gasteiger partial charge in [0.05, 0.1) is 18.6 Å². The fraction of sp³-hybridized carbons (Fsp3) is 0.500. The summed E-state index contributed by atoms with van der Waals surface area (Å²) in [6.07, 6.45) is 1.35. The van der Waals surface area contributed by atoms with Crippen molar-refractivity contribution in [1.29, 1.82) is 0 Å². The molecule has 0 atom stereocenters. The number of ether oxygens (including phenoxy) is 1. The van der Waals surface area contributed by atoms with E-state index < -0.39 is 0 Å². The summed E-state index contributed by atoms with van der Waals surface area (Å²) >= 11 is 0.931. The fourth-order valence-electron chi connectivity index (χ4n) is 0.203. The maximum atomic E-state index is 7.75. The van der Waals surface area contributed by atoms with Gasteiger partial charge < -0.3 is 4.74 Å². The van der Waals surface area contributed by atoms with Crippen LogP contribution in [-0.2, 0) is 9.07 Å². The van der Waals surface area contributed by atoms with E-state index in [4.69, 9.17) is 5.26 Å². The normalized spacial score (nSPS) is 8.62. The second-order valence-corrected chi connectivity index (χ2v) is 1.73. The first-order chi connectivity index (χ1) is 3.91. The van der Waals surface area contributed by atoms with Crippen LogP contribution in [0.4, 0.5) is 0 Å². The topological polar surface area (TPSA) is 38.7 Å². The molecule has 0 aliphatic rings. The largest absolute Gasteiger partial charge is 0.501 e. The Morgan fingerprint density at radius 1 is 1.75 bits per heavy atom. The molecular weight excluding hydrogens is 128 g/mol. The van der Waals surface area contributed by atoms with Crippen LogP contribution >= 0.6 is 12.0 Å². The fourth-order valence-corrected chi connectivity index (χ4v) is 0.442. The van der Waals surface area contributed by atoms with E-state index in [0.717, 1.165) is 12.0 Å². The zero-order chi connectivity index (χ0) is 6.24. The maximum Gasteiger partial charge on any atom is 0.0986 e. The Bertz CT molecular complexity index is 57.2. The third kappa shape index (κ3) is 5.81. The van der Waals surface area contributed by atoms with Gasteiger partial charge in [-0.3, -0.25) is 0 Å². The number of hydrogen-bond donors (Lipinski definition) is 1. The second kappa shape index (κ2) is 6.81. The first-order valence-electron chi connectivity index (χ1n) is 2.07. The summed E-state index contributed by atoms with van der Waals surface area (Å²) in [5.74, 6) is 0.600. The van der Waals surface area contributed by atoms with Crippen molar-refractivity contribution < 1.29 is 14.3 Å². The van der Waals surface area contributed by atoms with Crippen molar-refractivity contribution >= 4 is 12.0 Å². The summed E-state index contributed by atoms with van der Waals surface area (Å²) < 4.78 is 8.38. The lowest BCUT2D eigenvalue weighted by atomic mass is 10.8. The van der Waals surface area contributed by atoms with Gasteiger partial charge >= 0.3 is 0 Å². The highest BCUT2D eigenvalue weighted by molar-refractivity contribution is 7.94. The molecule has 0 saturated heterocycles. The van der Waals surface area contributed by atoms with E-state index in [1.54, 1.807) is 0 Å². The zero-order valence-corrected chi connectivity index (χ0v) is 5.19. The lowest BCUT2D eigenvalue weighted by Crippen LogP contribution is -1.89. The lowest BCUT2D eigenvalue weighted by Gasteiger charge is -1.94. The van der Waals surface area contributed by atoms with Gasteiger partial charge in [0.1, 0.15) is 0 Å². The van der Waals surface area contributed by atoms with E-state index in [2.05, 4.69) is 15.6 Å². The van der Waals surface area contributed by atoms with Gasteiger partial charge in [-0.1, -0.05) is 6.58 Å². The first kappa shape index (κ1) is 7.81. The third-order valence-electron chi connectivity index (χ3n) is 0.455. The molecule has 0 aromatic rings. The smallest absolute Gasteiger partial charge is 0.0986 e. The molecule has 1 N–H and O–H groups in total. The van der Waals surface area contributed by atoms with E-state index in [9.17, 15) is 0 Å². The lowest BCUT2D eigenvalue weighted by molar-refractivity contribution is -0.116. The Hall–Kier alpha value is -0.190. The average Bonchev–Trinajstić information content (AvgIpc) is 1.81. The SMILES string of the molecule is C=COCCSOO. The molecule has 4 heteroatoms. The van der Waals surface area contributed by atoms with Crippen molar-refractivity contribution in [3.8, 4) is 0 Å². The van der Waals surface area contributed by atoms with Crippen LogP contribution in [-0.4, -0.2) is 17.6 Å². The van der Waals surface area contributed by atoms with Gasteiger partial charge in [0.15, 0.2) is 0 Å². The van der Waals surface area contributed by atoms with Crippen molar-refractivity contribution in [3.05, 3.63) is 12.8 Å². The molecule has 0 unspecified atom stereocenters. The number of hydrogen-bond acceptors (Lipinski definition) is 4. The molecule has 0 aliphatic heterocycles. The quantitative estimate of drug-likeness (QED) is 0.203. The van der Waals surface area contributed by atoms with Gasteiger partial charge in [0, 0.05) is 12.0 Å². The number of rotatable bonds is 5. The predicted molar refractivity (Wildman–Crippen MR) is 32.3 cm³/mol. The molecule has 0 aromatic carbocycles. The van der Waals surface area contributed by atoms with Crippen LogP contribution in [0.25, 0.3) is 0 Å². The van der Waals surface area contributed by atoms with Crippen LogP contribution < -0.4 is 0 Å². The molecule has 48 valence electrons. The van der Waals surface area contributed by atoms with E-state index >= 15 is 0 Å². The molecule has 0 heterocycles. The summed E-state index contributed by atoms with van der Waals surface area (Å²) in [4.78, 5) is 0. The minimum Gasteiger partial charge on any atom is -0.501 e. The van der Waals surface area contributed by atoms with Crippen molar-refractivity contribution in [2.75, 3.05) is 12.4 Å². The molecule has 0 rings (SSSR count). The molecule has 0 aromatic heterocycles. The monoisotopic (exact) mass is 136 g/mol. The minimum atomic E-state index is 0.509. The van der Waals surface area contributed by atoms with E-state index in [1.807, 2.05) is 0 Å². The summed E-state index contributed by atoms with van der Waals surface area (Å²) in [5.41, 5.74) is 0. The Morgan fingerprint density at radius 2 is 2.50 bits per heavy atom. The van der Waals surface area contributed by atoms with Crippen molar-refractivity contribution in [3.63, 3.8) is 0 Å². The van der Waals surface area contributed by atoms with Gasteiger partial charge in [0.2, 0.25) is 0 Å². The Kier molecular flexibility index (Phi) is 6.65. The van der Waals surface area contributed by atoms with Crippen LogP contribution in [0.2, 0.25) is 0 Å². The van der Waals surface area contributed by atoms with Crippen LogP contribution in [0.1, 0.15) is 0 Å². The van der Waals surface area contributed by atoms with Crippen LogP contribution in [0, 0.1) is 0 Å². The molecule has 0 aliphatic carbocycles. The zero-order valence-electron chi connectivity index (χ0n) is 4.37. The summed E-state index contributed by atoms with van der Waals surface area (Å²) in [6, 6.07) is 0. The highest BCUT2D eigenvalue weighted by atomic mass is 32.2. The second-order valence-electron chi connectivity index (χ2n) is 0.934. The van der Waals surface area contributed by atoms with Crippen molar-refractivity contribution in [2.45, 2.75) is 0 Å². The van der Waals surface area contributed by atoms with E-state index in [0.29, 0.717) is 12.4 Å². The van der Waals surface area contributed by atoms with E-state index in [-0.39, 0.29) is 0 Å². The van der Waals surface area contributed by atoms with Crippen molar-refractivity contribution in [2.24, 2.45) is 0 Å². The molecule has 0 bridgehead atoms. The first-order valence-corrected chi connectivity index (χ1v) is 2.98. The molecule has 3 nitrogen and oxygen atoms in total. The molecular formula is C4H8O3S. The molecule has 0 amide bonds. The van der Waals surface area contributed by atoms with Crippen molar-refractivity contribution in [1.82, 2.24) is 0 Å². The standard InChI is InChI=1S/C4H8O3S/c1-2-6-3-4-8-7-5/h2,5H,1,3-4H2. The highest BCUT2D eigenvalue weighted by Crippen LogP contribution is 1.96. The third-order valence-corrected chi connectivity index (χ3v) is 0.894. The van der Waals surface area contributed by atoms with Gasteiger partial charge in [-0.05, 0) is 0 Å². The van der Waals surface area contributed by atoms with Crippen LogP contribution in [0.15, 0.2) is 12.8 Å². The van der Waals surface area contributed by atoms with E-state index in [1.165, 1.54) is 6.26 Å². The van der Waals surface area contributed by atoms with Gasteiger partial charge in [-0.2, -0.15) is 4.33 Å². The van der Waals surface area contributed by atoms with Gasteiger partial charge in [-0.25, -0.2) is 5.26 Å². The summed E-state index contributed by atoms with van der Waals surface area (Å²) in [5, 5.41) is 7.75. The Balaban J connectivity index is 2.62. The maximum absolute atomic E-state index is 7.75. The summed E-state index contributed by atoms with van der Waals surface area (Å²) in [7, 11) is 0.